The molecule has 0 fully saturated rings. The van der Waals surface area contributed by atoms with Crippen LogP contribution in [-0.4, -0.2) is 39.5 Å². The van der Waals surface area contributed by atoms with Crippen molar-refractivity contribution in [2.24, 2.45) is 0 Å². The zero-order chi connectivity index (χ0) is 11.5. The van der Waals surface area contributed by atoms with Crippen LogP contribution in [0.3, 0.4) is 0 Å². The summed E-state index contributed by atoms with van der Waals surface area (Å²) in [6, 6.07) is 0. The van der Waals surface area contributed by atoms with Gasteiger partial charge in [0.1, 0.15) is 0 Å². The average molecular weight is 222 g/mol. The van der Waals surface area contributed by atoms with Gasteiger partial charge in [-0.1, -0.05) is 0 Å². The van der Waals surface area contributed by atoms with Crippen LogP contribution in [0, 0.1) is 0 Å². The molecule has 0 aliphatic carbocycles. The molecule has 0 aromatic carbocycles. The minimum absolute atomic E-state index is 0.0698. The summed E-state index contributed by atoms with van der Waals surface area (Å²) < 4.78 is 0. The Kier molecular flexibility index (Phi) is 3.00. The van der Waals surface area contributed by atoms with Crippen molar-refractivity contribution in [3.05, 3.63) is 17.5 Å². The lowest BCUT2D eigenvalue weighted by Crippen LogP contribution is -2.10. The van der Waals surface area contributed by atoms with Crippen LogP contribution in [0.1, 0.15) is 17.7 Å². The summed E-state index contributed by atoms with van der Waals surface area (Å²) in [4.78, 5) is 21.0. The van der Waals surface area contributed by atoms with E-state index in [0.717, 1.165) is 24.3 Å². The SMILES string of the molecule is CN1Cc2cnc(NCCC(=O)O)nc2C1. The number of hydrogen-bond acceptors (Lipinski definition) is 5. The standard InChI is InChI=1S/C10H14N4O2/c1-14-5-7-4-12-10(13-8(7)6-14)11-3-2-9(15)16/h4H,2-3,5-6H2,1H3,(H,15,16)(H,11,12,13). The molecule has 1 aliphatic rings. The number of fused-ring (bicyclic) bond motifs is 1. The highest BCUT2D eigenvalue weighted by molar-refractivity contribution is 5.67. The second-order valence-corrected chi connectivity index (χ2v) is 3.91. The Balaban J connectivity index is 1.97. The number of anilines is 1. The van der Waals surface area contributed by atoms with Crippen molar-refractivity contribution in [1.82, 2.24) is 14.9 Å². The monoisotopic (exact) mass is 222 g/mol. The molecule has 2 N–H and O–H groups in total. The van der Waals surface area contributed by atoms with Gasteiger partial charge in [-0.05, 0) is 7.05 Å². The molecule has 0 saturated carbocycles. The van der Waals surface area contributed by atoms with Gasteiger partial charge < -0.3 is 10.4 Å². The molecule has 2 rings (SSSR count). The molecule has 0 amide bonds. The van der Waals surface area contributed by atoms with Gasteiger partial charge in [-0.15, -0.1) is 0 Å². The first kappa shape index (κ1) is 10.8. The van der Waals surface area contributed by atoms with E-state index in [4.69, 9.17) is 5.11 Å². The fourth-order valence-electron chi connectivity index (χ4n) is 1.68. The highest BCUT2D eigenvalue weighted by Gasteiger charge is 2.17. The number of hydrogen-bond donors (Lipinski definition) is 2. The maximum absolute atomic E-state index is 10.3. The van der Waals surface area contributed by atoms with Gasteiger partial charge in [-0.25, -0.2) is 9.97 Å². The average Bonchev–Trinajstić information content (AvgIpc) is 2.56. The molecule has 16 heavy (non-hydrogen) atoms. The van der Waals surface area contributed by atoms with Gasteiger partial charge in [0.15, 0.2) is 0 Å². The molecular weight excluding hydrogens is 208 g/mol. The van der Waals surface area contributed by atoms with Gasteiger partial charge in [-0.3, -0.25) is 9.69 Å². The molecule has 0 radical (unpaired) electrons. The van der Waals surface area contributed by atoms with Crippen LogP contribution in [0.5, 0.6) is 0 Å². The van der Waals surface area contributed by atoms with E-state index in [0.29, 0.717) is 12.5 Å². The van der Waals surface area contributed by atoms with Gasteiger partial charge >= 0.3 is 5.97 Å². The van der Waals surface area contributed by atoms with Crippen LogP contribution in [0.2, 0.25) is 0 Å². The maximum atomic E-state index is 10.3. The Bertz CT molecular complexity index is 408. The molecule has 0 unspecified atom stereocenters. The molecule has 86 valence electrons. The van der Waals surface area contributed by atoms with Crippen LogP contribution in [0.4, 0.5) is 5.95 Å². The molecule has 1 aliphatic heterocycles. The van der Waals surface area contributed by atoms with E-state index >= 15 is 0 Å². The van der Waals surface area contributed by atoms with Crippen molar-refractivity contribution in [2.75, 3.05) is 18.9 Å². The molecule has 0 atom stereocenters. The van der Waals surface area contributed by atoms with E-state index in [1.807, 2.05) is 7.05 Å². The number of rotatable bonds is 4. The first-order valence-corrected chi connectivity index (χ1v) is 5.14. The molecule has 0 bridgehead atoms. The normalized spacial score (nSPS) is 14.8. The number of carbonyl (C=O) groups is 1. The van der Waals surface area contributed by atoms with Crippen LogP contribution < -0.4 is 5.32 Å². The van der Waals surface area contributed by atoms with Gasteiger partial charge in [0.2, 0.25) is 5.95 Å². The van der Waals surface area contributed by atoms with E-state index < -0.39 is 5.97 Å². The van der Waals surface area contributed by atoms with E-state index in [9.17, 15) is 4.79 Å². The van der Waals surface area contributed by atoms with Crippen LogP contribution >= 0.6 is 0 Å². The first-order valence-electron chi connectivity index (χ1n) is 5.14. The molecule has 1 aromatic heterocycles. The van der Waals surface area contributed by atoms with Crippen molar-refractivity contribution in [1.29, 1.82) is 0 Å². The van der Waals surface area contributed by atoms with Crippen LogP contribution in [0.25, 0.3) is 0 Å². The predicted molar refractivity (Wildman–Crippen MR) is 57.9 cm³/mol. The largest absolute Gasteiger partial charge is 0.481 e. The summed E-state index contributed by atoms with van der Waals surface area (Å²) in [5.74, 6) is -0.316. The predicted octanol–water partition coefficient (Wildman–Crippen LogP) is 0.309. The Labute approximate surface area is 93.3 Å². The quantitative estimate of drug-likeness (QED) is 0.763. The van der Waals surface area contributed by atoms with Crippen molar-refractivity contribution in [2.45, 2.75) is 19.5 Å². The highest BCUT2D eigenvalue weighted by atomic mass is 16.4. The van der Waals surface area contributed by atoms with E-state index in [1.54, 1.807) is 6.20 Å². The van der Waals surface area contributed by atoms with E-state index in [1.165, 1.54) is 0 Å². The van der Waals surface area contributed by atoms with Crippen molar-refractivity contribution < 1.29 is 9.90 Å². The van der Waals surface area contributed by atoms with Crippen LogP contribution in [0.15, 0.2) is 6.20 Å². The zero-order valence-corrected chi connectivity index (χ0v) is 9.10. The maximum Gasteiger partial charge on any atom is 0.305 e. The lowest BCUT2D eigenvalue weighted by Gasteiger charge is -2.04. The smallest absolute Gasteiger partial charge is 0.305 e. The summed E-state index contributed by atoms with van der Waals surface area (Å²) in [5.41, 5.74) is 2.17. The van der Waals surface area contributed by atoms with Gasteiger partial charge in [-0.2, -0.15) is 0 Å². The molecule has 6 nitrogen and oxygen atoms in total. The van der Waals surface area contributed by atoms with E-state index in [2.05, 4.69) is 20.2 Å². The molecular formula is C10H14N4O2. The fourth-order valence-corrected chi connectivity index (χ4v) is 1.68. The number of carboxylic acids is 1. The number of aromatic nitrogens is 2. The van der Waals surface area contributed by atoms with Crippen molar-refractivity contribution >= 4 is 11.9 Å². The highest BCUT2D eigenvalue weighted by Crippen LogP contribution is 2.19. The summed E-state index contributed by atoms with van der Waals surface area (Å²) in [5, 5.41) is 11.4. The van der Waals surface area contributed by atoms with Gasteiger partial charge in [0.05, 0.1) is 12.1 Å². The lowest BCUT2D eigenvalue weighted by atomic mass is 10.3. The Morgan fingerprint density at radius 1 is 1.62 bits per heavy atom. The molecule has 6 heteroatoms. The molecule has 0 saturated heterocycles. The molecule has 2 heterocycles. The third-order valence-corrected chi connectivity index (χ3v) is 2.44. The zero-order valence-electron chi connectivity index (χ0n) is 9.10. The minimum atomic E-state index is -0.826. The number of nitrogens with one attached hydrogen (secondary N) is 1. The van der Waals surface area contributed by atoms with Crippen molar-refractivity contribution in [3.8, 4) is 0 Å². The van der Waals surface area contributed by atoms with Crippen molar-refractivity contribution in [3.63, 3.8) is 0 Å². The number of aliphatic carboxylic acids is 1. The van der Waals surface area contributed by atoms with Gasteiger partial charge in [0, 0.05) is 31.4 Å². The minimum Gasteiger partial charge on any atom is -0.481 e. The second-order valence-electron chi connectivity index (χ2n) is 3.91. The fraction of sp³-hybridized carbons (Fsp3) is 0.500. The summed E-state index contributed by atoms with van der Waals surface area (Å²) >= 11 is 0. The Morgan fingerprint density at radius 3 is 3.19 bits per heavy atom. The third kappa shape index (κ3) is 2.46. The summed E-state index contributed by atoms with van der Waals surface area (Å²) in [7, 11) is 2.03. The Hall–Kier alpha value is -1.69. The molecule has 1 aromatic rings. The van der Waals surface area contributed by atoms with Gasteiger partial charge in [0.25, 0.3) is 0 Å². The summed E-state index contributed by atoms with van der Waals surface area (Å²) in [6.07, 6.45) is 1.87. The lowest BCUT2D eigenvalue weighted by molar-refractivity contribution is -0.136. The number of carboxylic acid groups (broad SMARTS) is 1. The summed E-state index contributed by atoms with van der Waals surface area (Å²) in [6.45, 7) is 2.06. The second kappa shape index (κ2) is 4.44. The molecule has 0 spiro atoms. The number of nitrogens with zero attached hydrogens (tertiary/aromatic N) is 3. The Morgan fingerprint density at radius 2 is 2.44 bits per heavy atom. The van der Waals surface area contributed by atoms with E-state index in [-0.39, 0.29) is 6.42 Å². The third-order valence-electron chi connectivity index (χ3n) is 2.44. The topological polar surface area (TPSA) is 78.4 Å². The first-order chi connectivity index (χ1) is 7.65. The van der Waals surface area contributed by atoms with Crippen LogP contribution in [-0.2, 0) is 17.9 Å².